The second-order valence-corrected chi connectivity index (χ2v) is 9.12. The Morgan fingerprint density at radius 2 is 1.56 bits per heavy atom. The van der Waals surface area contributed by atoms with Crippen LogP contribution in [0, 0.1) is 0 Å². The molecule has 6 rings (SSSR count). The lowest BCUT2D eigenvalue weighted by molar-refractivity contribution is -0.136. The molecule has 1 fully saturated rings. The van der Waals surface area contributed by atoms with Crippen molar-refractivity contribution in [2.45, 2.75) is 25.4 Å². The van der Waals surface area contributed by atoms with Crippen LogP contribution >= 0.6 is 0 Å². The van der Waals surface area contributed by atoms with Crippen molar-refractivity contribution >= 4 is 17.7 Å². The highest BCUT2D eigenvalue weighted by atomic mass is 16.2. The summed E-state index contributed by atoms with van der Waals surface area (Å²) in [5.41, 5.74) is 7.59. The van der Waals surface area contributed by atoms with Crippen molar-refractivity contribution < 1.29 is 14.4 Å². The predicted molar refractivity (Wildman–Crippen MR) is 133 cm³/mol. The molecule has 2 aromatic carbocycles. The molecule has 0 spiro atoms. The number of carbonyl (C=O) groups excluding carboxylic acids is 3. The molecule has 8 heteroatoms. The number of fused-ring (bicyclic) bond motifs is 1. The normalized spacial score (nSPS) is 17.3. The highest BCUT2D eigenvalue weighted by Crippen LogP contribution is 2.36. The molecule has 1 N–H and O–H groups in total. The molecule has 8 nitrogen and oxygen atoms in total. The van der Waals surface area contributed by atoms with Gasteiger partial charge in [-0.1, -0.05) is 30.3 Å². The standard InChI is InChI=1S/C28H23N5O3/c1-32-26(19-4-2-17(3-5-19)18-10-12-29-13-11-18)23(15-30-32)20-6-7-22-21(14-20)16-33(28(22)36)24-8-9-25(34)31-27(24)35/h2-7,10-15,24H,8-9,16H2,1H3,(H,31,34,35). The molecule has 4 aromatic rings. The number of amides is 3. The van der Waals surface area contributed by atoms with Crippen molar-refractivity contribution in [3.8, 4) is 33.5 Å². The van der Waals surface area contributed by atoms with Crippen molar-refractivity contribution in [2.24, 2.45) is 7.05 Å². The zero-order valence-electron chi connectivity index (χ0n) is 19.6. The first-order chi connectivity index (χ1) is 17.5. The van der Waals surface area contributed by atoms with Crippen LogP contribution in [0.25, 0.3) is 33.5 Å². The number of hydrogen-bond acceptors (Lipinski definition) is 5. The minimum absolute atomic E-state index is 0.177. The van der Waals surface area contributed by atoms with Crippen LogP contribution in [-0.4, -0.2) is 43.4 Å². The van der Waals surface area contributed by atoms with E-state index in [1.54, 1.807) is 17.3 Å². The maximum Gasteiger partial charge on any atom is 0.255 e. The highest BCUT2D eigenvalue weighted by Gasteiger charge is 2.39. The van der Waals surface area contributed by atoms with Gasteiger partial charge in [-0.2, -0.15) is 5.10 Å². The fraction of sp³-hybridized carbons (Fsp3) is 0.179. The summed E-state index contributed by atoms with van der Waals surface area (Å²) in [6.45, 7) is 0.338. The first-order valence-corrected chi connectivity index (χ1v) is 11.8. The summed E-state index contributed by atoms with van der Waals surface area (Å²) in [5.74, 6) is -0.873. The molecule has 3 amide bonds. The van der Waals surface area contributed by atoms with Gasteiger partial charge in [0.15, 0.2) is 0 Å². The Bertz CT molecular complexity index is 1510. The second kappa shape index (κ2) is 8.57. The molecule has 1 atom stereocenters. The van der Waals surface area contributed by atoms with Gasteiger partial charge in [0.1, 0.15) is 6.04 Å². The topological polar surface area (TPSA) is 97.2 Å². The third kappa shape index (κ3) is 3.67. The Morgan fingerprint density at radius 1 is 0.861 bits per heavy atom. The molecular weight excluding hydrogens is 454 g/mol. The van der Waals surface area contributed by atoms with Crippen LogP contribution in [0.4, 0.5) is 0 Å². The molecule has 1 unspecified atom stereocenters. The largest absolute Gasteiger partial charge is 0.322 e. The Balaban J connectivity index is 1.31. The zero-order valence-corrected chi connectivity index (χ0v) is 19.6. The molecule has 0 saturated carbocycles. The first kappa shape index (κ1) is 21.9. The van der Waals surface area contributed by atoms with Gasteiger partial charge in [-0.3, -0.25) is 29.4 Å². The van der Waals surface area contributed by atoms with E-state index in [0.29, 0.717) is 18.5 Å². The summed E-state index contributed by atoms with van der Waals surface area (Å²) >= 11 is 0. The smallest absolute Gasteiger partial charge is 0.255 e. The third-order valence-corrected chi connectivity index (χ3v) is 6.95. The lowest BCUT2D eigenvalue weighted by Gasteiger charge is -2.29. The lowest BCUT2D eigenvalue weighted by atomic mass is 9.97. The number of rotatable bonds is 4. The van der Waals surface area contributed by atoms with E-state index in [1.807, 2.05) is 48.3 Å². The first-order valence-electron chi connectivity index (χ1n) is 11.8. The Kier molecular flexibility index (Phi) is 5.21. The summed E-state index contributed by atoms with van der Waals surface area (Å²) in [7, 11) is 1.91. The predicted octanol–water partition coefficient (Wildman–Crippen LogP) is 3.58. The van der Waals surface area contributed by atoms with Crippen molar-refractivity contribution in [1.29, 1.82) is 0 Å². The van der Waals surface area contributed by atoms with Gasteiger partial charge in [-0.15, -0.1) is 0 Å². The van der Waals surface area contributed by atoms with Crippen molar-refractivity contribution in [3.05, 3.63) is 84.3 Å². The molecule has 4 heterocycles. The van der Waals surface area contributed by atoms with Gasteiger partial charge >= 0.3 is 0 Å². The SMILES string of the molecule is Cn1ncc(-c2ccc3c(c2)CN(C2CCC(=O)NC2=O)C3=O)c1-c1ccc(-c2ccncc2)cc1. The number of imide groups is 1. The molecule has 36 heavy (non-hydrogen) atoms. The van der Waals surface area contributed by atoms with Crippen LogP contribution in [0.2, 0.25) is 0 Å². The van der Waals surface area contributed by atoms with Gasteiger partial charge in [-0.05, 0) is 52.9 Å². The van der Waals surface area contributed by atoms with Gasteiger partial charge in [0.25, 0.3) is 5.91 Å². The van der Waals surface area contributed by atoms with Gasteiger partial charge in [0.05, 0.1) is 11.9 Å². The zero-order chi connectivity index (χ0) is 24.8. The van der Waals surface area contributed by atoms with Crippen molar-refractivity contribution in [2.75, 3.05) is 0 Å². The molecule has 0 bridgehead atoms. The summed E-state index contributed by atoms with van der Waals surface area (Å²) in [5, 5.41) is 6.86. The molecule has 0 aliphatic carbocycles. The summed E-state index contributed by atoms with van der Waals surface area (Å²) < 4.78 is 1.85. The molecule has 2 aliphatic heterocycles. The van der Waals surface area contributed by atoms with Crippen LogP contribution in [0.1, 0.15) is 28.8 Å². The van der Waals surface area contributed by atoms with Crippen molar-refractivity contribution in [3.63, 3.8) is 0 Å². The van der Waals surface area contributed by atoms with E-state index in [0.717, 1.165) is 39.1 Å². The van der Waals surface area contributed by atoms with E-state index < -0.39 is 11.9 Å². The number of nitrogens with one attached hydrogen (secondary N) is 1. The van der Waals surface area contributed by atoms with Gasteiger partial charge in [0.2, 0.25) is 11.8 Å². The van der Waals surface area contributed by atoms with E-state index in [-0.39, 0.29) is 18.2 Å². The number of carbonyl (C=O) groups is 3. The number of piperidine rings is 1. The lowest BCUT2D eigenvalue weighted by Crippen LogP contribution is -2.52. The molecule has 2 aliphatic rings. The maximum absolute atomic E-state index is 13.1. The maximum atomic E-state index is 13.1. The van der Waals surface area contributed by atoms with E-state index in [4.69, 9.17) is 0 Å². The number of nitrogens with zero attached hydrogens (tertiary/aromatic N) is 4. The minimum atomic E-state index is -0.626. The summed E-state index contributed by atoms with van der Waals surface area (Å²) in [6, 6.07) is 17.4. The number of aryl methyl sites for hydroxylation is 1. The molecule has 178 valence electrons. The average molecular weight is 478 g/mol. The fourth-order valence-corrected chi connectivity index (χ4v) is 5.10. The Morgan fingerprint density at radius 3 is 2.31 bits per heavy atom. The second-order valence-electron chi connectivity index (χ2n) is 9.12. The Labute approximate surface area is 207 Å². The third-order valence-electron chi connectivity index (χ3n) is 6.95. The highest BCUT2D eigenvalue weighted by molar-refractivity contribution is 6.05. The number of benzene rings is 2. The van der Waals surface area contributed by atoms with E-state index in [1.165, 1.54) is 0 Å². The fourth-order valence-electron chi connectivity index (χ4n) is 5.10. The molecule has 2 aromatic heterocycles. The van der Waals surface area contributed by atoms with Gasteiger partial charge < -0.3 is 4.90 Å². The van der Waals surface area contributed by atoms with Gasteiger partial charge in [0, 0.05) is 49.1 Å². The number of pyridine rings is 1. The number of aromatic nitrogens is 3. The average Bonchev–Trinajstić information content (AvgIpc) is 3.44. The van der Waals surface area contributed by atoms with Crippen LogP contribution in [0.5, 0.6) is 0 Å². The van der Waals surface area contributed by atoms with Crippen LogP contribution in [0.15, 0.2) is 73.2 Å². The summed E-state index contributed by atoms with van der Waals surface area (Å²) in [6.07, 6.45) is 5.98. The van der Waals surface area contributed by atoms with Crippen LogP contribution < -0.4 is 5.32 Å². The van der Waals surface area contributed by atoms with Crippen LogP contribution in [-0.2, 0) is 23.2 Å². The minimum Gasteiger partial charge on any atom is -0.322 e. The van der Waals surface area contributed by atoms with E-state index in [2.05, 4.69) is 39.7 Å². The van der Waals surface area contributed by atoms with Gasteiger partial charge in [-0.25, -0.2) is 0 Å². The van der Waals surface area contributed by atoms with Crippen molar-refractivity contribution in [1.82, 2.24) is 25.0 Å². The van der Waals surface area contributed by atoms with E-state index >= 15 is 0 Å². The molecule has 0 radical (unpaired) electrons. The molecule has 1 saturated heterocycles. The summed E-state index contributed by atoms with van der Waals surface area (Å²) in [4.78, 5) is 42.6. The molecular formula is C28H23N5O3. The Hall–Kier alpha value is -4.59. The monoisotopic (exact) mass is 477 g/mol. The van der Waals surface area contributed by atoms with E-state index in [9.17, 15) is 14.4 Å². The number of hydrogen-bond donors (Lipinski definition) is 1. The quantitative estimate of drug-likeness (QED) is 0.453. The van der Waals surface area contributed by atoms with Crippen LogP contribution in [0.3, 0.4) is 0 Å².